The average Bonchev–Trinajstić information content (AvgIpc) is 2.67. The van der Waals surface area contributed by atoms with E-state index >= 15 is 0 Å². The molecule has 0 saturated heterocycles. The minimum absolute atomic E-state index is 0.0447. The van der Waals surface area contributed by atoms with Crippen LogP contribution in [0.4, 0.5) is 0 Å². The van der Waals surface area contributed by atoms with Crippen LogP contribution in [-0.2, 0) is 6.54 Å². The first-order chi connectivity index (χ1) is 8.50. The van der Waals surface area contributed by atoms with Crippen molar-refractivity contribution in [3.63, 3.8) is 0 Å². The molecule has 1 aromatic carbocycles. The van der Waals surface area contributed by atoms with Crippen LogP contribution < -0.4 is 0 Å². The Morgan fingerprint density at radius 3 is 2.44 bits per heavy atom. The summed E-state index contributed by atoms with van der Waals surface area (Å²) in [6.07, 6.45) is 2.02. The van der Waals surface area contributed by atoms with E-state index in [1.807, 2.05) is 38.2 Å². The van der Waals surface area contributed by atoms with Crippen LogP contribution in [0.25, 0.3) is 10.9 Å². The number of Topliss-reactive ketones (excluding diaryl/α,β-unsaturated/α-hetero) is 1. The molecule has 0 radical (unpaired) electrons. The second-order valence-corrected chi connectivity index (χ2v) is 5.63. The van der Waals surface area contributed by atoms with Crippen molar-refractivity contribution in [2.24, 2.45) is 11.8 Å². The molecule has 0 fully saturated rings. The van der Waals surface area contributed by atoms with Gasteiger partial charge >= 0.3 is 0 Å². The quantitative estimate of drug-likeness (QED) is 0.740. The number of hydrogen-bond acceptors (Lipinski definition) is 1. The molecule has 1 aromatic heterocycles. The molecule has 96 valence electrons. The fourth-order valence-corrected chi connectivity index (χ4v) is 2.30. The Morgan fingerprint density at radius 2 is 1.83 bits per heavy atom. The maximum Gasteiger partial charge on any atom is 0.167 e. The molecular formula is C16H21NO. The number of ketones is 1. The second kappa shape index (κ2) is 4.97. The molecule has 0 bridgehead atoms. The Morgan fingerprint density at radius 1 is 1.17 bits per heavy atom. The van der Waals surface area contributed by atoms with Gasteiger partial charge in [-0.1, -0.05) is 45.9 Å². The van der Waals surface area contributed by atoms with Crippen molar-refractivity contribution in [2.45, 2.75) is 34.2 Å². The van der Waals surface area contributed by atoms with Crippen molar-refractivity contribution >= 4 is 16.7 Å². The minimum atomic E-state index is 0.0447. The summed E-state index contributed by atoms with van der Waals surface area (Å²) in [5.41, 5.74) is 2.02. The van der Waals surface area contributed by atoms with E-state index in [0.717, 1.165) is 23.0 Å². The molecule has 0 amide bonds. The predicted molar refractivity (Wildman–Crippen MR) is 75.9 cm³/mol. The first-order valence-electron chi connectivity index (χ1n) is 6.62. The molecule has 1 heterocycles. The van der Waals surface area contributed by atoms with Crippen LogP contribution in [-0.4, -0.2) is 10.4 Å². The van der Waals surface area contributed by atoms with Gasteiger partial charge in [0.25, 0.3) is 0 Å². The van der Waals surface area contributed by atoms with Crippen LogP contribution in [0, 0.1) is 11.8 Å². The monoisotopic (exact) mass is 243 g/mol. The number of aromatic nitrogens is 1. The number of rotatable bonds is 4. The van der Waals surface area contributed by atoms with Crippen molar-refractivity contribution in [1.82, 2.24) is 4.57 Å². The van der Waals surface area contributed by atoms with Gasteiger partial charge in [0, 0.05) is 35.1 Å². The van der Waals surface area contributed by atoms with E-state index < -0.39 is 0 Å². The highest BCUT2D eigenvalue weighted by Gasteiger charge is 2.17. The van der Waals surface area contributed by atoms with Crippen LogP contribution in [0.5, 0.6) is 0 Å². The normalized spacial score (nSPS) is 11.7. The Hall–Kier alpha value is -1.57. The first kappa shape index (κ1) is 12.9. The van der Waals surface area contributed by atoms with Crippen molar-refractivity contribution < 1.29 is 4.79 Å². The topological polar surface area (TPSA) is 22.0 Å². The molecule has 2 aromatic rings. The zero-order valence-corrected chi connectivity index (χ0v) is 11.6. The highest BCUT2D eigenvalue weighted by Crippen LogP contribution is 2.24. The maximum atomic E-state index is 12.2. The van der Waals surface area contributed by atoms with Crippen molar-refractivity contribution in [1.29, 1.82) is 0 Å². The van der Waals surface area contributed by atoms with E-state index in [-0.39, 0.29) is 11.7 Å². The van der Waals surface area contributed by atoms with Gasteiger partial charge in [-0.3, -0.25) is 4.79 Å². The van der Waals surface area contributed by atoms with Gasteiger partial charge in [0.2, 0.25) is 0 Å². The number of nitrogens with zero attached hydrogens (tertiary/aromatic N) is 1. The summed E-state index contributed by atoms with van der Waals surface area (Å²) in [5.74, 6) is 0.847. The molecule has 18 heavy (non-hydrogen) atoms. The predicted octanol–water partition coefficient (Wildman–Crippen LogP) is 4.14. The van der Waals surface area contributed by atoms with Gasteiger partial charge in [0.15, 0.2) is 5.78 Å². The molecular weight excluding hydrogens is 222 g/mol. The molecule has 0 aliphatic heterocycles. The highest BCUT2D eigenvalue weighted by atomic mass is 16.1. The average molecular weight is 243 g/mol. The van der Waals surface area contributed by atoms with E-state index in [1.165, 1.54) is 0 Å². The summed E-state index contributed by atoms with van der Waals surface area (Å²) in [5, 5.41) is 1.08. The van der Waals surface area contributed by atoms with Crippen molar-refractivity contribution in [3.05, 3.63) is 36.0 Å². The van der Waals surface area contributed by atoms with Gasteiger partial charge in [-0.05, 0) is 12.0 Å². The SMILES string of the molecule is CC(C)Cn1cc(C(=O)C(C)C)c2ccccc21. The van der Waals surface area contributed by atoms with E-state index in [1.54, 1.807) is 0 Å². The van der Waals surface area contributed by atoms with Crippen LogP contribution >= 0.6 is 0 Å². The van der Waals surface area contributed by atoms with Gasteiger partial charge < -0.3 is 4.57 Å². The third kappa shape index (κ3) is 2.33. The minimum Gasteiger partial charge on any atom is -0.346 e. The third-order valence-electron chi connectivity index (χ3n) is 3.14. The van der Waals surface area contributed by atoms with Crippen LogP contribution in [0.2, 0.25) is 0 Å². The summed E-state index contributed by atoms with van der Waals surface area (Å²) >= 11 is 0. The largest absolute Gasteiger partial charge is 0.346 e. The molecule has 0 spiro atoms. The lowest BCUT2D eigenvalue weighted by atomic mass is 10.0. The summed E-state index contributed by atoms with van der Waals surface area (Å²) in [6.45, 7) is 9.25. The molecule has 2 heteroatoms. The summed E-state index contributed by atoms with van der Waals surface area (Å²) in [4.78, 5) is 12.2. The summed E-state index contributed by atoms with van der Waals surface area (Å²) in [7, 11) is 0. The molecule has 0 unspecified atom stereocenters. The second-order valence-electron chi connectivity index (χ2n) is 5.63. The zero-order valence-electron chi connectivity index (χ0n) is 11.6. The standard InChI is InChI=1S/C16H21NO/c1-11(2)9-17-10-14(16(18)12(3)4)13-7-5-6-8-15(13)17/h5-8,10-12H,9H2,1-4H3. The van der Waals surface area contributed by atoms with E-state index in [9.17, 15) is 4.79 Å². The number of hydrogen-bond donors (Lipinski definition) is 0. The van der Waals surface area contributed by atoms with Gasteiger partial charge in [-0.15, -0.1) is 0 Å². The molecule has 0 saturated carbocycles. The van der Waals surface area contributed by atoms with Gasteiger partial charge in [0.05, 0.1) is 0 Å². The highest BCUT2D eigenvalue weighted by molar-refractivity contribution is 6.08. The van der Waals surface area contributed by atoms with E-state index in [0.29, 0.717) is 5.92 Å². The van der Waals surface area contributed by atoms with Gasteiger partial charge in [-0.25, -0.2) is 0 Å². The fourth-order valence-electron chi connectivity index (χ4n) is 2.30. The smallest absolute Gasteiger partial charge is 0.167 e. The molecule has 2 nitrogen and oxygen atoms in total. The molecule has 0 atom stereocenters. The van der Waals surface area contributed by atoms with Crippen molar-refractivity contribution in [2.75, 3.05) is 0 Å². The van der Waals surface area contributed by atoms with Gasteiger partial charge in [-0.2, -0.15) is 0 Å². The number of para-hydroxylation sites is 1. The number of benzene rings is 1. The number of fused-ring (bicyclic) bond motifs is 1. The lowest BCUT2D eigenvalue weighted by molar-refractivity contribution is 0.0941. The Bertz CT molecular complexity index is 563. The number of carbonyl (C=O) groups excluding carboxylic acids is 1. The fraction of sp³-hybridized carbons (Fsp3) is 0.438. The summed E-state index contributed by atoms with van der Waals surface area (Å²) in [6, 6.07) is 8.17. The number of carbonyl (C=O) groups is 1. The Balaban J connectivity index is 2.57. The Labute approximate surface area is 109 Å². The van der Waals surface area contributed by atoms with Crippen LogP contribution in [0.15, 0.2) is 30.5 Å². The van der Waals surface area contributed by atoms with E-state index in [2.05, 4.69) is 24.5 Å². The molecule has 0 aliphatic rings. The Kier molecular flexibility index (Phi) is 3.55. The van der Waals surface area contributed by atoms with Crippen molar-refractivity contribution in [3.8, 4) is 0 Å². The third-order valence-corrected chi connectivity index (χ3v) is 3.14. The van der Waals surface area contributed by atoms with E-state index in [4.69, 9.17) is 0 Å². The first-order valence-corrected chi connectivity index (χ1v) is 6.62. The lowest BCUT2D eigenvalue weighted by Gasteiger charge is -2.07. The maximum absolute atomic E-state index is 12.2. The van der Waals surface area contributed by atoms with Crippen LogP contribution in [0.1, 0.15) is 38.1 Å². The molecule has 2 rings (SSSR count). The van der Waals surface area contributed by atoms with Crippen LogP contribution in [0.3, 0.4) is 0 Å². The molecule has 0 aliphatic carbocycles. The molecule has 0 N–H and O–H groups in total. The van der Waals surface area contributed by atoms with Gasteiger partial charge in [0.1, 0.15) is 0 Å². The lowest BCUT2D eigenvalue weighted by Crippen LogP contribution is -2.07. The summed E-state index contributed by atoms with van der Waals surface area (Å²) < 4.78 is 2.20. The zero-order chi connectivity index (χ0) is 13.3.